The summed E-state index contributed by atoms with van der Waals surface area (Å²) in [4.78, 5) is 17.2. The number of benzene rings is 1. The molecule has 0 radical (unpaired) electrons. The molecule has 24 heavy (non-hydrogen) atoms. The van der Waals surface area contributed by atoms with E-state index in [9.17, 15) is 4.79 Å². The molecular formula is C18H20N4OS. The lowest BCUT2D eigenvalue weighted by Crippen LogP contribution is -2.13. The van der Waals surface area contributed by atoms with Crippen LogP contribution in [0.5, 0.6) is 0 Å². The van der Waals surface area contributed by atoms with E-state index in [0.717, 1.165) is 46.4 Å². The number of rotatable bonds is 5. The highest BCUT2D eigenvalue weighted by Gasteiger charge is 2.14. The lowest BCUT2D eigenvalue weighted by atomic mass is 10.0. The SMILES string of the molecule is CCCCc1nnc(NC(=O)c2cc(C)nc3ccc(C)cc23)s1. The van der Waals surface area contributed by atoms with Gasteiger partial charge in [-0.15, -0.1) is 10.2 Å². The molecule has 6 heteroatoms. The lowest BCUT2D eigenvalue weighted by Gasteiger charge is -2.08. The minimum Gasteiger partial charge on any atom is -0.296 e. The Hall–Kier alpha value is -2.34. The van der Waals surface area contributed by atoms with Crippen LogP contribution in [0.2, 0.25) is 0 Å². The number of nitrogens with zero attached hydrogens (tertiary/aromatic N) is 3. The van der Waals surface area contributed by atoms with Gasteiger partial charge in [-0.2, -0.15) is 0 Å². The van der Waals surface area contributed by atoms with E-state index < -0.39 is 0 Å². The summed E-state index contributed by atoms with van der Waals surface area (Å²) in [6, 6.07) is 7.75. The molecular weight excluding hydrogens is 320 g/mol. The number of anilines is 1. The summed E-state index contributed by atoms with van der Waals surface area (Å²) in [6.07, 6.45) is 3.10. The van der Waals surface area contributed by atoms with Crippen LogP contribution in [0.4, 0.5) is 5.13 Å². The van der Waals surface area contributed by atoms with Crippen LogP contribution in [0.15, 0.2) is 24.3 Å². The third-order valence-corrected chi connectivity index (χ3v) is 4.67. The summed E-state index contributed by atoms with van der Waals surface area (Å²) in [5.74, 6) is -0.172. The van der Waals surface area contributed by atoms with E-state index in [1.54, 1.807) is 0 Å². The van der Waals surface area contributed by atoms with Gasteiger partial charge in [0.05, 0.1) is 11.1 Å². The van der Waals surface area contributed by atoms with Crippen molar-refractivity contribution in [3.8, 4) is 0 Å². The van der Waals surface area contributed by atoms with Crippen molar-refractivity contribution >= 4 is 33.3 Å². The number of fused-ring (bicyclic) bond motifs is 1. The fraction of sp³-hybridized carbons (Fsp3) is 0.333. The molecule has 0 aliphatic heterocycles. The van der Waals surface area contributed by atoms with Crippen LogP contribution in [0, 0.1) is 13.8 Å². The normalized spacial score (nSPS) is 11.0. The van der Waals surface area contributed by atoms with Crippen molar-refractivity contribution in [3.05, 3.63) is 46.1 Å². The number of carbonyl (C=O) groups excluding carboxylic acids is 1. The average molecular weight is 340 g/mol. The van der Waals surface area contributed by atoms with Crippen LogP contribution < -0.4 is 5.32 Å². The molecule has 0 spiro atoms. The van der Waals surface area contributed by atoms with E-state index in [-0.39, 0.29) is 5.91 Å². The Morgan fingerprint density at radius 2 is 2.04 bits per heavy atom. The van der Waals surface area contributed by atoms with E-state index in [0.29, 0.717) is 10.7 Å². The van der Waals surface area contributed by atoms with Gasteiger partial charge in [0, 0.05) is 17.5 Å². The number of carbonyl (C=O) groups is 1. The van der Waals surface area contributed by atoms with Crippen molar-refractivity contribution < 1.29 is 4.79 Å². The highest BCUT2D eigenvalue weighted by molar-refractivity contribution is 7.15. The number of aryl methyl sites for hydroxylation is 3. The Bertz CT molecular complexity index is 888. The quantitative estimate of drug-likeness (QED) is 0.752. The zero-order chi connectivity index (χ0) is 17.1. The third kappa shape index (κ3) is 3.59. The second-order valence-electron chi connectivity index (χ2n) is 5.89. The van der Waals surface area contributed by atoms with Crippen molar-refractivity contribution in [1.29, 1.82) is 0 Å². The molecule has 0 aliphatic carbocycles. The van der Waals surface area contributed by atoms with Crippen LogP contribution >= 0.6 is 11.3 Å². The topological polar surface area (TPSA) is 67.8 Å². The molecule has 0 saturated carbocycles. The zero-order valence-electron chi connectivity index (χ0n) is 14.1. The van der Waals surface area contributed by atoms with Gasteiger partial charge in [-0.3, -0.25) is 15.1 Å². The van der Waals surface area contributed by atoms with E-state index in [1.807, 2.05) is 38.1 Å². The molecule has 2 heterocycles. The summed E-state index contributed by atoms with van der Waals surface area (Å²) in [5, 5.41) is 13.4. The largest absolute Gasteiger partial charge is 0.296 e. The minimum atomic E-state index is -0.172. The van der Waals surface area contributed by atoms with Crippen molar-refractivity contribution in [2.24, 2.45) is 0 Å². The monoisotopic (exact) mass is 340 g/mol. The van der Waals surface area contributed by atoms with Gasteiger partial charge in [0.25, 0.3) is 5.91 Å². The third-order valence-electron chi connectivity index (χ3n) is 3.77. The van der Waals surface area contributed by atoms with E-state index in [4.69, 9.17) is 0 Å². The number of aromatic nitrogens is 3. The van der Waals surface area contributed by atoms with Crippen LogP contribution in [0.1, 0.15) is 46.4 Å². The summed E-state index contributed by atoms with van der Waals surface area (Å²) in [5.41, 5.74) is 3.36. The Morgan fingerprint density at radius 1 is 1.21 bits per heavy atom. The zero-order valence-corrected chi connectivity index (χ0v) is 14.9. The minimum absolute atomic E-state index is 0.172. The summed E-state index contributed by atoms with van der Waals surface area (Å²) in [6.45, 7) is 6.04. The van der Waals surface area contributed by atoms with Crippen molar-refractivity contribution in [2.75, 3.05) is 5.32 Å². The summed E-state index contributed by atoms with van der Waals surface area (Å²) >= 11 is 1.44. The van der Waals surface area contributed by atoms with Crippen molar-refractivity contribution in [2.45, 2.75) is 40.0 Å². The Kier molecular flexibility index (Phi) is 4.85. The molecule has 0 saturated heterocycles. The maximum absolute atomic E-state index is 12.7. The lowest BCUT2D eigenvalue weighted by molar-refractivity contribution is 0.102. The van der Waals surface area contributed by atoms with Gasteiger partial charge >= 0.3 is 0 Å². The van der Waals surface area contributed by atoms with Gasteiger partial charge in [-0.25, -0.2) is 0 Å². The van der Waals surface area contributed by atoms with E-state index in [2.05, 4.69) is 27.4 Å². The van der Waals surface area contributed by atoms with Gasteiger partial charge in [0.1, 0.15) is 5.01 Å². The fourth-order valence-electron chi connectivity index (χ4n) is 2.56. The van der Waals surface area contributed by atoms with Gasteiger partial charge in [-0.1, -0.05) is 36.3 Å². The number of pyridine rings is 1. The smallest absolute Gasteiger partial charge is 0.258 e. The molecule has 0 atom stereocenters. The first kappa shape index (κ1) is 16.5. The summed E-state index contributed by atoms with van der Waals surface area (Å²) in [7, 11) is 0. The number of unbranched alkanes of at least 4 members (excludes halogenated alkanes) is 1. The van der Waals surface area contributed by atoms with Gasteiger partial charge < -0.3 is 0 Å². The maximum Gasteiger partial charge on any atom is 0.258 e. The van der Waals surface area contributed by atoms with Crippen molar-refractivity contribution in [3.63, 3.8) is 0 Å². The first-order valence-electron chi connectivity index (χ1n) is 8.08. The molecule has 0 fully saturated rings. The second-order valence-corrected chi connectivity index (χ2v) is 6.95. The number of hydrogen-bond donors (Lipinski definition) is 1. The molecule has 0 aliphatic rings. The Labute approximate surface area is 145 Å². The number of hydrogen-bond acceptors (Lipinski definition) is 5. The van der Waals surface area contributed by atoms with Gasteiger partial charge in [0.15, 0.2) is 0 Å². The van der Waals surface area contributed by atoms with Crippen molar-refractivity contribution in [1.82, 2.24) is 15.2 Å². The highest BCUT2D eigenvalue weighted by Crippen LogP contribution is 2.23. The van der Waals surface area contributed by atoms with Gasteiger partial charge in [-0.05, 0) is 38.5 Å². The number of amides is 1. The predicted octanol–water partition coefficient (Wildman–Crippen LogP) is 4.30. The summed E-state index contributed by atoms with van der Waals surface area (Å²) < 4.78 is 0. The van der Waals surface area contributed by atoms with Crippen LogP contribution in [0.3, 0.4) is 0 Å². The molecule has 3 rings (SSSR count). The Balaban J connectivity index is 1.88. The molecule has 1 amide bonds. The average Bonchev–Trinajstić information content (AvgIpc) is 3.00. The molecule has 1 aromatic carbocycles. The molecule has 0 bridgehead atoms. The fourth-order valence-corrected chi connectivity index (χ4v) is 3.33. The molecule has 124 valence electrons. The Morgan fingerprint density at radius 3 is 2.83 bits per heavy atom. The van der Waals surface area contributed by atoms with E-state index >= 15 is 0 Å². The molecule has 1 N–H and O–H groups in total. The molecule has 3 aromatic rings. The molecule has 2 aromatic heterocycles. The highest BCUT2D eigenvalue weighted by atomic mass is 32.1. The predicted molar refractivity (Wildman–Crippen MR) is 97.7 cm³/mol. The second kappa shape index (κ2) is 7.05. The maximum atomic E-state index is 12.7. The van der Waals surface area contributed by atoms with Crippen LogP contribution in [-0.4, -0.2) is 21.1 Å². The van der Waals surface area contributed by atoms with Crippen LogP contribution in [-0.2, 0) is 6.42 Å². The molecule has 0 unspecified atom stereocenters. The number of nitrogens with one attached hydrogen (secondary N) is 1. The van der Waals surface area contributed by atoms with E-state index in [1.165, 1.54) is 11.3 Å². The standard InChI is InChI=1S/C18H20N4OS/c1-4-5-6-16-21-22-18(24-16)20-17(23)14-10-12(3)19-15-8-7-11(2)9-13(14)15/h7-10H,4-6H2,1-3H3,(H,20,22,23). The molecule has 5 nitrogen and oxygen atoms in total. The first-order valence-corrected chi connectivity index (χ1v) is 8.90. The first-order chi connectivity index (χ1) is 11.6. The van der Waals surface area contributed by atoms with Crippen LogP contribution in [0.25, 0.3) is 10.9 Å². The van der Waals surface area contributed by atoms with Gasteiger partial charge in [0.2, 0.25) is 5.13 Å².